The molecule has 1 aliphatic heterocycles. The maximum absolute atomic E-state index is 13.8. The molecule has 3 aromatic carbocycles. The molecule has 3 atom stereocenters. The molecule has 8 heteroatoms. The molecular weight excluding hydrogens is 478 g/mol. The maximum Gasteiger partial charge on any atom is 0.249 e. The number of carbonyl (C=O) groups excluding carboxylic acids is 2. The SMILES string of the molecule is Cc1noc([C@@H](Cc2ccccc2)NC(=O)[C@@H](Cc2ccc3ccccc3c2)NC(=O)[C@@H]2CCCNC2)n1. The minimum absolute atomic E-state index is 0.105. The van der Waals surface area contributed by atoms with Gasteiger partial charge in [-0.25, -0.2) is 0 Å². The van der Waals surface area contributed by atoms with Gasteiger partial charge in [-0.3, -0.25) is 9.59 Å². The van der Waals surface area contributed by atoms with Gasteiger partial charge >= 0.3 is 0 Å². The lowest BCUT2D eigenvalue weighted by atomic mass is 9.96. The van der Waals surface area contributed by atoms with Gasteiger partial charge in [-0.05, 0) is 48.2 Å². The number of hydrogen-bond acceptors (Lipinski definition) is 6. The van der Waals surface area contributed by atoms with Crippen LogP contribution in [0.25, 0.3) is 10.8 Å². The molecular formula is C30H33N5O3. The molecule has 0 saturated carbocycles. The van der Waals surface area contributed by atoms with Crippen molar-refractivity contribution in [2.24, 2.45) is 5.92 Å². The van der Waals surface area contributed by atoms with Crippen molar-refractivity contribution in [3.05, 3.63) is 95.6 Å². The first kappa shape index (κ1) is 25.6. The highest BCUT2D eigenvalue weighted by atomic mass is 16.5. The second-order valence-electron chi connectivity index (χ2n) is 9.92. The summed E-state index contributed by atoms with van der Waals surface area (Å²) in [4.78, 5) is 31.4. The van der Waals surface area contributed by atoms with E-state index in [2.05, 4.69) is 38.2 Å². The second kappa shape index (κ2) is 12.0. The third-order valence-corrected chi connectivity index (χ3v) is 6.99. The van der Waals surface area contributed by atoms with E-state index in [9.17, 15) is 9.59 Å². The Labute approximate surface area is 222 Å². The molecule has 4 aromatic rings. The molecule has 2 amide bonds. The lowest BCUT2D eigenvalue weighted by Gasteiger charge is -2.26. The molecule has 0 bridgehead atoms. The summed E-state index contributed by atoms with van der Waals surface area (Å²) >= 11 is 0. The highest BCUT2D eigenvalue weighted by Gasteiger charge is 2.30. The summed E-state index contributed by atoms with van der Waals surface area (Å²) < 4.78 is 5.45. The zero-order valence-corrected chi connectivity index (χ0v) is 21.5. The number of amides is 2. The first-order chi connectivity index (χ1) is 18.5. The normalized spacial score (nSPS) is 17.0. The van der Waals surface area contributed by atoms with Gasteiger partial charge < -0.3 is 20.5 Å². The monoisotopic (exact) mass is 511 g/mol. The molecule has 3 N–H and O–H groups in total. The Balaban J connectivity index is 1.39. The van der Waals surface area contributed by atoms with E-state index in [1.165, 1.54) is 0 Å². The van der Waals surface area contributed by atoms with Gasteiger partial charge in [0.25, 0.3) is 0 Å². The van der Waals surface area contributed by atoms with Gasteiger partial charge in [0.15, 0.2) is 5.82 Å². The smallest absolute Gasteiger partial charge is 0.249 e. The molecule has 0 unspecified atom stereocenters. The number of rotatable bonds is 9. The van der Waals surface area contributed by atoms with E-state index in [1.54, 1.807) is 6.92 Å². The van der Waals surface area contributed by atoms with Crippen molar-refractivity contribution in [3.63, 3.8) is 0 Å². The number of piperidine rings is 1. The van der Waals surface area contributed by atoms with Crippen LogP contribution in [-0.4, -0.2) is 41.1 Å². The predicted molar refractivity (Wildman–Crippen MR) is 145 cm³/mol. The number of hydrogen-bond donors (Lipinski definition) is 3. The molecule has 1 fully saturated rings. The first-order valence-corrected chi connectivity index (χ1v) is 13.2. The summed E-state index contributed by atoms with van der Waals surface area (Å²) in [5, 5.41) is 15.6. The van der Waals surface area contributed by atoms with Crippen molar-refractivity contribution in [3.8, 4) is 0 Å². The highest BCUT2D eigenvalue weighted by Crippen LogP contribution is 2.20. The lowest BCUT2D eigenvalue weighted by Crippen LogP contribution is -2.52. The van der Waals surface area contributed by atoms with E-state index >= 15 is 0 Å². The number of fused-ring (bicyclic) bond motifs is 1. The molecule has 8 nitrogen and oxygen atoms in total. The Kier molecular flexibility index (Phi) is 8.09. The lowest BCUT2D eigenvalue weighted by molar-refractivity contribution is -0.131. The van der Waals surface area contributed by atoms with Crippen LogP contribution in [0.2, 0.25) is 0 Å². The van der Waals surface area contributed by atoms with Gasteiger partial charge in [-0.1, -0.05) is 78.0 Å². The van der Waals surface area contributed by atoms with Crippen molar-refractivity contribution in [2.45, 2.75) is 44.7 Å². The third kappa shape index (κ3) is 6.44. The van der Waals surface area contributed by atoms with Gasteiger partial charge in [0.1, 0.15) is 12.1 Å². The molecule has 5 rings (SSSR count). The molecule has 1 aliphatic rings. The van der Waals surface area contributed by atoms with E-state index < -0.39 is 12.1 Å². The summed E-state index contributed by atoms with van der Waals surface area (Å²) in [6, 6.07) is 22.8. The van der Waals surface area contributed by atoms with Gasteiger partial charge in [0, 0.05) is 19.4 Å². The van der Waals surface area contributed by atoms with Crippen LogP contribution in [0.5, 0.6) is 0 Å². The average molecular weight is 512 g/mol. The quantitative estimate of drug-likeness (QED) is 0.317. The minimum atomic E-state index is -0.757. The molecule has 1 aromatic heterocycles. The van der Waals surface area contributed by atoms with E-state index in [0.29, 0.717) is 31.1 Å². The Morgan fingerprint density at radius 3 is 2.50 bits per heavy atom. The van der Waals surface area contributed by atoms with Crippen LogP contribution in [0.1, 0.15) is 41.7 Å². The van der Waals surface area contributed by atoms with Crippen LogP contribution < -0.4 is 16.0 Å². The number of nitrogens with one attached hydrogen (secondary N) is 3. The molecule has 0 radical (unpaired) electrons. The van der Waals surface area contributed by atoms with E-state index in [0.717, 1.165) is 41.3 Å². The molecule has 2 heterocycles. The van der Waals surface area contributed by atoms with Crippen LogP contribution in [0.4, 0.5) is 0 Å². The van der Waals surface area contributed by atoms with Crippen molar-refractivity contribution in [2.75, 3.05) is 13.1 Å². The number of aryl methyl sites for hydroxylation is 1. The largest absolute Gasteiger partial charge is 0.344 e. The van der Waals surface area contributed by atoms with E-state index in [1.807, 2.05) is 60.7 Å². The topological polar surface area (TPSA) is 109 Å². The Morgan fingerprint density at radius 1 is 0.974 bits per heavy atom. The summed E-state index contributed by atoms with van der Waals surface area (Å²) in [7, 11) is 0. The number of aromatic nitrogens is 2. The number of nitrogens with zero attached hydrogens (tertiary/aromatic N) is 2. The zero-order valence-electron chi connectivity index (χ0n) is 21.5. The molecule has 0 aliphatic carbocycles. The summed E-state index contributed by atoms with van der Waals surface area (Å²) in [5.41, 5.74) is 2.00. The van der Waals surface area contributed by atoms with Crippen LogP contribution in [0, 0.1) is 12.8 Å². The first-order valence-electron chi connectivity index (χ1n) is 13.2. The molecule has 196 valence electrons. The average Bonchev–Trinajstić information content (AvgIpc) is 3.39. The van der Waals surface area contributed by atoms with E-state index in [-0.39, 0.29) is 17.7 Å². The number of benzene rings is 3. The zero-order chi connectivity index (χ0) is 26.3. The summed E-state index contributed by atoms with van der Waals surface area (Å²) in [6.07, 6.45) is 2.59. The Morgan fingerprint density at radius 2 is 1.76 bits per heavy atom. The van der Waals surface area contributed by atoms with Gasteiger partial charge in [0.2, 0.25) is 17.7 Å². The fraction of sp³-hybridized carbons (Fsp3) is 0.333. The Bertz CT molecular complexity index is 1380. The van der Waals surface area contributed by atoms with Gasteiger partial charge in [0.05, 0.1) is 5.92 Å². The summed E-state index contributed by atoms with van der Waals surface area (Å²) in [6.45, 7) is 3.28. The van der Waals surface area contributed by atoms with Gasteiger partial charge in [-0.15, -0.1) is 0 Å². The number of carbonyl (C=O) groups is 2. The van der Waals surface area contributed by atoms with Crippen molar-refractivity contribution >= 4 is 22.6 Å². The Hall–Kier alpha value is -4.04. The van der Waals surface area contributed by atoms with Crippen LogP contribution in [-0.2, 0) is 22.4 Å². The van der Waals surface area contributed by atoms with Crippen molar-refractivity contribution in [1.29, 1.82) is 0 Å². The van der Waals surface area contributed by atoms with E-state index in [4.69, 9.17) is 4.52 Å². The fourth-order valence-electron chi connectivity index (χ4n) is 4.95. The third-order valence-electron chi connectivity index (χ3n) is 6.99. The standard InChI is InChI=1S/C30H33N5O3/c1-20-32-30(38-35-20)27(17-21-8-3-2-4-9-21)34-29(37)26(33-28(36)25-12-7-15-31-19-25)18-22-13-14-23-10-5-6-11-24(23)16-22/h2-6,8-11,13-14,16,25-27,31H,7,12,15,17-19H2,1H3,(H,33,36)(H,34,37)/t25-,26-,27-/m1/s1. The fourth-order valence-corrected chi connectivity index (χ4v) is 4.95. The predicted octanol–water partition coefficient (Wildman–Crippen LogP) is 3.66. The highest BCUT2D eigenvalue weighted by molar-refractivity contribution is 5.89. The minimum Gasteiger partial charge on any atom is -0.344 e. The van der Waals surface area contributed by atoms with Crippen LogP contribution in [0.3, 0.4) is 0 Å². The molecule has 1 saturated heterocycles. The molecule has 38 heavy (non-hydrogen) atoms. The van der Waals surface area contributed by atoms with Crippen LogP contribution in [0.15, 0.2) is 77.3 Å². The maximum atomic E-state index is 13.8. The second-order valence-corrected chi connectivity index (χ2v) is 9.92. The van der Waals surface area contributed by atoms with Crippen LogP contribution >= 0.6 is 0 Å². The van der Waals surface area contributed by atoms with Crippen molar-refractivity contribution in [1.82, 2.24) is 26.1 Å². The van der Waals surface area contributed by atoms with Crippen molar-refractivity contribution < 1.29 is 14.1 Å². The molecule has 0 spiro atoms. The van der Waals surface area contributed by atoms with Gasteiger partial charge in [-0.2, -0.15) is 4.98 Å². The summed E-state index contributed by atoms with van der Waals surface area (Å²) in [5.74, 6) is 0.290.